The van der Waals surface area contributed by atoms with Gasteiger partial charge in [0.1, 0.15) is 0 Å². The maximum Gasteiger partial charge on any atom is 0.252 e. The van der Waals surface area contributed by atoms with E-state index in [1.807, 2.05) is 54.6 Å². The van der Waals surface area contributed by atoms with Gasteiger partial charge in [0.15, 0.2) is 0 Å². The van der Waals surface area contributed by atoms with Gasteiger partial charge >= 0.3 is 0 Å². The average Bonchev–Trinajstić information content (AvgIpc) is 3.38. The van der Waals surface area contributed by atoms with Crippen LogP contribution in [0.25, 0.3) is 11.1 Å². The number of benzene rings is 2. The molecule has 0 aromatic heterocycles. The van der Waals surface area contributed by atoms with Crippen LogP contribution < -0.4 is 11.1 Å². The van der Waals surface area contributed by atoms with Gasteiger partial charge in [-0.25, -0.2) is 0 Å². The van der Waals surface area contributed by atoms with Crippen molar-refractivity contribution in [3.05, 3.63) is 60.2 Å². The number of carbonyl (C=O) groups excluding carboxylic acids is 1. The van der Waals surface area contributed by atoms with E-state index in [4.69, 9.17) is 5.73 Å². The van der Waals surface area contributed by atoms with Gasteiger partial charge in [-0.05, 0) is 36.0 Å². The molecule has 21 heavy (non-hydrogen) atoms. The van der Waals surface area contributed by atoms with Crippen molar-refractivity contribution in [1.29, 1.82) is 0 Å². The molecule has 0 radical (unpaired) electrons. The van der Waals surface area contributed by atoms with E-state index in [2.05, 4.69) is 5.32 Å². The SMILES string of the molecule is NCC(NC(=O)c1ccccc1-c1ccccc1)C1CC1. The first-order valence-corrected chi connectivity index (χ1v) is 7.45. The summed E-state index contributed by atoms with van der Waals surface area (Å²) in [5.41, 5.74) is 8.50. The number of hydrogen-bond acceptors (Lipinski definition) is 2. The lowest BCUT2D eigenvalue weighted by atomic mass is 9.99. The zero-order valence-electron chi connectivity index (χ0n) is 12.0. The highest BCUT2D eigenvalue weighted by atomic mass is 16.1. The summed E-state index contributed by atoms with van der Waals surface area (Å²) in [6, 6.07) is 17.8. The Hall–Kier alpha value is -2.13. The fourth-order valence-electron chi connectivity index (χ4n) is 2.66. The Balaban J connectivity index is 1.86. The summed E-state index contributed by atoms with van der Waals surface area (Å²) in [6.07, 6.45) is 2.34. The van der Waals surface area contributed by atoms with E-state index >= 15 is 0 Å². The van der Waals surface area contributed by atoms with Crippen molar-refractivity contribution in [2.75, 3.05) is 6.54 Å². The standard InChI is InChI=1S/C18H20N2O/c19-12-17(14-10-11-14)20-18(21)16-9-5-4-8-15(16)13-6-2-1-3-7-13/h1-9,14,17H,10-12,19H2,(H,20,21). The summed E-state index contributed by atoms with van der Waals surface area (Å²) < 4.78 is 0. The number of hydrogen-bond donors (Lipinski definition) is 2. The van der Waals surface area contributed by atoms with E-state index in [-0.39, 0.29) is 11.9 Å². The molecule has 3 rings (SSSR count). The molecule has 3 heteroatoms. The Morgan fingerprint density at radius 2 is 1.76 bits per heavy atom. The first-order chi connectivity index (χ1) is 10.3. The van der Waals surface area contributed by atoms with Gasteiger partial charge in [0.2, 0.25) is 0 Å². The molecular formula is C18H20N2O. The molecule has 1 aliphatic carbocycles. The van der Waals surface area contributed by atoms with Crippen molar-refractivity contribution in [2.24, 2.45) is 11.7 Å². The minimum atomic E-state index is -0.0307. The maximum atomic E-state index is 12.6. The maximum absolute atomic E-state index is 12.6. The first kappa shape index (κ1) is 13.8. The van der Waals surface area contributed by atoms with Crippen molar-refractivity contribution >= 4 is 5.91 Å². The number of amides is 1. The topological polar surface area (TPSA) is 55.1 Å². The molecule has 3 nitrogen and oxygen atoms in total. The Bertz CT molecular complexity index is 620. The summed E-state index contributed by atoms with van der Waals surface area (Å²) in [7, 11) is 0. The molecule has 0 heterocycles. The van der Waals surface area contributed by atoms with Crippen LogP contribution in [0.3, 0.4) is 0 Å². The Morgan fingerprint density at radius 3 is 2.43 bits per heavy atom. The highest BCUT2D eigenvalue weighted by Crippen LogP contribution is 2.32. The number of nitrogens with one attached hydrogen (secondary N) is 1. The summed E-state index contributed by atoms with van der Waals surface area (Å²) in [5.74, 6) is 0.527. The van der Waals surface area contributed by atoms with Gasteiger partial charge in [-0.1, -0.05) is 48.5 Å². The van der Waals surface area contributed by atoms with Gasteiger partial charge in [-0.15, -0.1) is 0 Å². The van der Waals surface area contributed by atoms with Crippen LogP contribution in [0.15, 0.2) is 54.6 Å². The Morgan fingerprint density at radius 1 is 1.10 bits per heavy atom. The molecule has 1 fully saturated rings. The van der Waals surface area contributed by atoms with Gasteiger partial charge in [-0.3, -0.25) is 4.79 Å². The van der Waals surface area contributed by atoms with E-state index in [0.717, 1.165) is 11.1 Å². The molecule has 2 aromatic rings. The van der Waals surface area contributed by atoms with Crippen molar-refractivity contribution in [2.45, 2.75) is 18.9 Å². The van der Waals surface area contributed by atoms with Crippen molar-refractivity contribution in [1.82, 2.24) is 5.32 Å². The van der Waals surface area contributed by atoms with Crippen LogP contribution >= 0.6 is 0 Å². The zero-order chi connectivity index (χ0) is 14.7. The number of nitrogens with two attached hydrogens (primary N) is 1. The van der Waals surface area contributed by atoms with Gasteiger partial charge in [-0.2, -0.15) is 0 Å². The second-order valence-electron chi connectivity index (χ2n) is 5.56. The molecule has 0 saturated heterocycles. The average molecular weight is 280 g/mol. The van der Waals surface area contributed by atoms with E-state index in [0.29, 0.717) is 18.0 Å². The third-order valence-electron chi connectivity index (χ3n) is 4.02. The van der Waals surface area contributed by atoms with Gasteiger partial charge < -0.3 is 11.1 Å². The van der Waals surface area contributed by atoms with Gasteiger partial charge in [0.05, 0.1) is 0 Å². The van der Waals surface area contributed by atoms with Crippen molar-refractivity contribution in [3.8, 4) is 11.1 Å². The van der Waals surface area contributed by atoms with Crippen LogP contribution in [0.1, 0.15) is 23.2 Å². The number of rotatable bonds is 5. The fraction of sp³-hybridized carbons (Fsp3) is 0.278. The molecule has 0 aliphatic heterocycles. The van der Waals surface area contributed by atoms with E-state index in [1.165, 1.54) is 12.8 Å². The summed E-state index contributed by atoms with van der Waals surface area (Å²) in [4.78, 5) is 12.6. The highest BCUT2D eigenvalue weighted by Gasteiger charge is 2.31. The van der Waals surface area contributed by atoms with Crippen molar-refractivity contribution in [3.63, 3.8) is 0 Å². The molecule has 1 aliphatic rings. The quantitative estimate of drug-likeness (QED) is 0.885. The molecule has 2 aromatic carbocycles. The van der Waals surface area contributed by atoms with Crippen LogP contribution in [-0.2, 0) is 0 Å². The monoisotopic (exact) mass is 280 g/mol. The summed E-state index contributed by atoms with van der Waals surface area (Å²) >= 11 is 0. The molecule has 1 saturated carbocycles. The van der Waals surface area contributed by atoms with Crippen molar-refractivity contribution < 1.29 is 4.79 Å². The lowest BCUT2D eigenvalue weighted by Gasteiger charge is -2.17. The second-order valence-corrected chi connectivity index (χ2v) is 5.56. The molecule has 3 N–H and O–H groups in total. The largest absolute Gasteiger partial charge is 0.348 e. The molecule has 0 spiro atoms. The third-order valence-corrected chi connectivity index (χ3v) is 4.02. The van der Waals surface area contributed by atoms with Crippen LogP contribution in [0.2, 0.25) is 0 Å². The lowest BCUT2D eigenvalue weighted by molar-refractivity contribution is 0.0934. The summed E-state index contributed by atoms with van der Waals surface area (Å²) in [5, 5.41) is 3.09. The Labute approximate surface area is 125 Å². The van der Waals surface area contributed by atoms with Crippen LogP contribution in [0.4, 0.5) is 0 Å². The number of carbonyl (C=O) groups is 1. The van der Waals surface area contributed by atoms with E-state index in [1.54, 1.807) is 0 Å². The Kier molecular flexibility index (Phi) is 4.02. The smallest absolute Gasteiger partial charge is 0.252 e. The predicted molar refractivity (Wildman–Crippen MR) is 84.9 cm³/mol. The van der Waals surface area contributed by atoms with Gasteiger partial charge in [0.25, 0.3) is 5.91 Å². The van der Waals surface area contributed by atoms with Crippen LogP contribution in [0.5, 0.6) is 0 Å². The van der Waals surface area contributed by atoms with E-state index in [9.17, 15) is 4.79 Å². The molecule has 0 bridgehead atoms. The molecule has 1 unspecified atom stereocenters. The highest BCUT2D eigenvalue weighted by molar-refractivity contribution is 6.01. The third kappa shape index (κ3) is 3.14. The first-order valence-electron chi connectivity index (χ1n) is 7.45. The zero-order valence-corrected chi connectivity index (χ0v) is 12.0. The normalized spacial score (nSPS) is 15.5. The molecule has 108 valence electrons. The summed E-state index contributed by atoms with van der Waals surface area (Å²) in [6.45, 7) is 0.504. The van der Waals surface area contributed by atoms with Gasteiger partial charge in [0, 0.05) is 18.2 Å². The molecule has 1 amide bonds. The molecule has 1 atom stereocenters. The lowest BCUT2D eigenvalue weighted by Crippen LogP contribution is -2.41. The minimum absolute atomic E-state index is 0.0307. The predicted octanol–water partition coefficient (Wildman–Crippen LogP) is 2.82. The van der Waals surface area contributed by atoms with Crippen LogP contribution in [-0.4, -0.2) is 18.5 Å². The van der Waals surface area contributed by atoms with E-state index < -0.39 is 0 Å². The minimum Gasteiger partial charge on any atom is -0.348 e. The second kappa shape index (κ2) is 6.10. The molecular weight excluding hydrogens is 260 g/mol. The van der Waals surface area contributed by atoms with Crippen LogP contribution in [0, 0.1) is 5.92 Å². The fourth-order valence-corrected chi connectivity index (χ4v) is 2.66.